The molecule has 6 heteroatoms. The van der Waals surface area contributed by atoms with Crippen LogP contribution in [0.1, 0.15) is 52.8 Å². The van der Waals surface area contributed by atoms with Crippen LogP contribution in [-0.4, -0.2) is 35.0 Å². The van der Waals surface area contributed by atoms with Gasteiger partial charge in [0.1, 0.15) is 0 Å². The summed E-state index contributed by atoms with van der Waals surface area (Å²) in [7, 11) is 0. The number of carbonyl (C=O) groups is 1. The highest BCUT2D eigenvalue weighted by Crippen LogP contribution is 2.40. The summed E-state index contributed by atoms with van der Waals surface area (Å²) in [6, 6.07) is 10.5. The second-order valence-corrected chi connectivity index (χ2v) is 8.90. The molecule has 1 fully saturated rings. The smallest absolute Gasteiger partial charge is 0.261 e. The standard InChI is InChI=1S/C22H26N4OS/c1-13(2)23-21(27)20-19(17-7-5-6-8-18(17)28-20)16-9-10-26(12-16)22-24-14(3)11-15(4)25-22/h5-8,11,13,16H,9-10,12H2,1-4H3,(H,23,27)/t16-/m0/s1. The van der Waals surface area contributed by atoms with Gasteiger partial charge < -0.3 is 10.2 Å². The van der Waals surface area contributed by atoms with Crippen LogP contribution in [0.5, 0.6) is 0 Å². The number of anilines is 1. The number of hydrogen-bond acceptors (Lipinski definition) is 5. The predicted octanol–water partition coefficient (Wildman–Crippen LogP) is 4.44. The zero-order chi connectivity index (χ0) is 19.8. The fourth-order valence-corrected chi connectivity index (χ4v) is 5.19. The van der Waals surface area contributed by atoms with Crippen LogP contribution in [0.25, 0.3) is 10.1 Å². The third-order valence-electron chi connectivity index (χ3n) is 5.11. The SMILES string of the molecule is Cc1cc(C)nc(N2CC[C@H](c3c(C(=O)NC(C)C)sc4ccccc34)C2)n1. The Morgan fingerprint density at radius 2 is 1.93 bits per heavy atom. The fraction of sp³-hybridized carbons (Fsp3) is 0.409. The number of benzene rings is 1. The van der Waals surface area contributed by atoms with Crippen molar-refractivity contribution in [2.45, 2.75) is 46.1 Å². The van der Waals surface area contributed by atoms with Gasteiger partial charge >= 0.3 is 0 Å². The van der Waals surface area contributed by atoms with Gasteiger partial charge in [0.2, 0.25) is 5.95 Å². The van der Waals surface area contributed by atoms with Crippen LogP contribution in [-0.2, 0) is 0 Å². The average molecular weight is 395 g/mol. The molecule has 1 aliphatic rings. The molecule has 3 heterocycles. The Morgan fingerprint density at radius 1 is 1.21 bits per heavy atom. The molecule has 28 heavy (non-hydrogen) atoms. The van der Waals surface area contributed by atoms with E-state index in [1.807, 2.05) is 39.8 Å². The summed E-state index contributed by atoms with van der Waals surface area (Å²) < 4.78 is 1.17. The number of aromatic nitrogens is 2. The maximum atomic E-state index is 12.9. The summed E-state index contributed by atoms with van der Waals surface area (Å²) >= 11 is 1.60. The van der Waals surface area contributed by atoms with Crippen LogP contribution in [0.2, 0.25) is 0 Å². The predicted molar refractivity (Wildman–Crippen MR) is 116 cm³/mol. The number of nitrogens with one attached hydrogen (secondary N) is 1. The fourth-order valence-electron chi connectivity index (χ4n) is 3.99. The van der Waals surface area contributed by atoms with Crippen LogP contribution in [0, 0.1) is 13.8 Å². The summed E-state index contributed by atoms with van der Waals surface area (Å²) in [6.07, 6.45) is 0.999. The van der Waals surface area contributed by atoms with E-state index in [2.05, 4.69) is 38.4 Å². The minimum Gasteiger partial charge on any atom is -0.349 e. The first-order valence-electron chi connectivity index (χ1n) is 9.82. The van der Waals surface area contributed by atoms with E-state index >= 15 is 0 Å². The number of carbonyl (C=O) groups excluding carboxylic acids is 1. The molecule has 146 valence electrons. The molecular weight excluding hydrogens is 368 g/mol. The Bertz CT molecular complexity index is 1010. The van der Waals surface area contributed by atoms with Crippen LogP contribution in [0.15, 0.2) is 30.3 Å². The van der Waals surface area contributed by atoms with Gasteiger partial charge in [-0.3, -0.25) is 4.79 Å². The first kappa shape index (κ1) is 18.9. The monoisotopic (exact) mass is 394 g/mol. The van der Waals surface area contributed by atoms with Gasteiger partial charge in [-0.05, 0) is 57.2 Å². The van der Waals surface area contributed by atoms with Crippen molar-refractivity contribution in [3.05, 3.63) is 52.2 Å². The third kappa shape index (κ3) is 3.61. The van der Waals surface area contributed by atoms with E-state index in [1.54, 1.807) is 11.3 Å². The van der Waals surface area contributed by atoms with Crippen molar-refractivity contribution < 1.29 is 4.79 Å². The van der Waals surface area contributed by atoms with Crippen LogP contribution < -0.4 is 10.2 Å². The van der Waals surface area contributed by atoms with Gasteiger partial charge in [-0.1, -0.05) is 18.2 Å². The molecular formula is C22H26N4OS. The van der Waals surface area contributed by atoms with Crippen molar-refractivity contribution in [2.75, 3.05) is 18.0 Å². The van der Waals surface area contributed by atoms with E-state index < -0.39 is 0 Å². The van der Waals surface area contributed by atoms with Crippen LogP contribution >= 0.6 is 11.3 Å². The van der Waals surface area contributed by atoms with Crippen molar-refractivity contribution in [3.8, 4) is 0 Å². The summed E-state index contributed by atoms with van der Waals surface area (Å²) in [5.41, 5.74) is 3.17. The minimum atomic E-state index is 0.0345. The Hall–Kier alpha value is -2.47. The van der Waals surface area contributed by atoms with Crippen molar-refractivity contribution in [1.82, 2.24) is 15.3 Å². The van der Waals surface area contributed by atoms with Crippen LogP contribution in [0.4, 0.5) is 5.95 Å². The number of rotatable bonds is 4. The van der Waals surface area contributed by atoms with Gasteiger partial charge in [-0.15, -0.1) is 11.3 Å². The lowest BCUT2D eigenvalue weighted by Gasteiger charge is -2.18. The molecule has 1 atom stereocenters. The lowest BCUT2D eigenvalue weighted by molar-refractivity contribution is 0.0946. The zero-order valence-corrected chi connectivity index (χ0v) is 17.6. The molecule has 0 unspecified atom stereocenters. The van der Waals surface area contributed by atoms with E-state index in [4.69, 9.17) is 0 Å². The number of aryl methyl sites for hydroxylation is 2. The van der Waals surface area contributed by atoms with Crippen LogP contribution in [0.3, 0.4) is 0 Å². The number of hydrogen-bond donors (Lipinski definition) is 1. The molecule has 1 amide bonds. The van der Waals surface area contributed by atoms with E-state index in [9.17, 15) is 4.79 Å². The first-order chi connectivity index (χ1) is 13.4. The highest BCUT2D eigenvalue weighted by molar-refractivity contribution is 7.21. The molecule has 1 saturated heterocycles. The van der Waals surface area contributed by atoms with E-state index in [0.29, 0.717) is 5.92 Å². The molecule has 1 N–H and O–H groups in total. The van der Waals surface area contributed by atoms with Gasteiger partial charge in [0.15, 0.2) is 0 Å². The molecule has 3 aromatic rings. The Labute approximate surface area is 169 Å². The highest BCUT2D eigenvalue weighted by atomic mass is 32.1. The normalized spacial score (nSPS) is 16.9. The second kappa shape index (κ2) is 7.51. The molecule has 0 aliphatic carbocycles. The molecule has 4 rings (SSSR count). The maximum absolute atomic E-state index is 12.9. The summed E-state index contributed by atoms with van der Waals surface area (Å²) in [4.78, 5) is 25.3. The Balaban J connectivity index is 1.70. The van der Waals surface area contributed by atoms with Crippen molar-refractivity contribution in [2.24, 2.45) is 0 Å². The molecule has 0 bridgehead atoms. The molecule has 5 nitrogen and oxygen atoms in total. The van der Waals surface area contributed by atoms with Gasteiger partial charge in [-0.2, -0.15) is 0 Å². The minimum absolute atomic E-state index is 0.0345. The molecule has 1 aliphatic heterocycles. The van der Waals surface area contributed by atoms with Crippen molar-refractivity contribution in [1.29, 1.82) is 0 Å². The van der Waals surface area contributed by atoms with Gasteiger partial charge in [-0.25, -0.2) is 9.97 Å². The van der Waals surface area contributed by atoms with Gasteiger partial charge in [0, 0.05) is 41.1 Å². The summed E-state index contributed by atoms with van der Waals surface area (Å²) in [5, 5.41) is 4.28. The molecule has 2 aromatic heterocycles. The number of nitrogens with zero attached hydrogens (tertiary/aromatic N) is 3. The van der Waals surface area contributed by atoms with E-state index in [1.165, 1.54) is 15.6 Å². The van der Waals surface area contributed by atoms with Crippen molar-refractivity contribution in [3.63, 3.8) is 0 Å². The Kier molecular flexibility index (Phi) is 5.06. The second-order valence-electron chi connectivity index (χ2n) is 7.85. The van der Waals surface area contributed by atoms with Crippen molar-refractivity contribution >= 4 is 33.3 Å². The average Bonchev–Trinajstić information content (AvgIpc) is 3.24. The summed E-state index contributed by atoms with van der Waals surface area (Å²) in [5.74, 6) is 1.13. The van der Waals surface area contributed by atoms with E-state index in [0.717, 1.165) is 41.7 Å². The first-order valence-corrected chi connectivity index (χ1v) is 10.6. The van der Waals surface area contributed by atoms with Gasteiger partial charge in [0.05, 0.1) is 4.88 Å². The highest BCUT2D eigenvalue weighted by Gasteiger charge is 2.31. The van der Waals surface area contributed by atoms with Gasteiger partial charge in [0.25, 0.3) is 5.91 Å². The number of fused-ring (bicyclic) bond motifs is 1. The third-order valence-corrected chi connectivity index (χ3v) is 6.30. The number of thiophene rings is 1. The lowest BCUT2D eigenvalue weighted by atomic mass is 9.95. The molecule has 0 spiro atoms. The largest absolute Gasteiger partial charge is 0.349 e. The zero-order valence-electron chi connectivity index (χ0n) is 16.8. The molecule has 0 radical (unpaired) electrons. The summed E-state index contributed by atoms with van der Waals surface area (Å²) in [6.45, 7) is 9.76. The molecule has 1 aromatic carbocycles. The topological polar surface area (TPSA) is 58.1 Å². The Morgan fingerprint density at radius 3 is 2.64 bits per heavy atom. The quantitative estimate of drug-likeness (QED) is 0.711. The maximum Gasteiger partial charge on any atom is 0.261 e. The lowest BCUT2D eigenvalue weighted by Crippen LogP contribution is -2.30. The number of amides is 1. The molecule has 0 saturated carbocycles. The van der Waals surface area contributed by atoms with E-state index in [-0.39, 0.29) is 11.9 Å².